The van der Waals surface area contributed by atoms with Gasteiger partial charge in [0.1, 0.15) is 9.79 Å². The van der Waals surface area contributed by atoms with Crippen LogP contribution >= 0.6 is 0 Å². The van der Waals surface area contributed by atoms with E-state index >= 15 is 0 Å². The molecule has 0 bridgehead atoms. The number of hydrogen-bond acceptors (Lipinski definition) is 16. The highest BCUT2D eigenvalue weighted by molar-refractivity contribution is 7.87. The van der Waals surface area contributed by atoms with Crippen molar-refractivity contribution in [2.45, 2.75) is 90.2 Å². The van der Waals surface area contributed by atoms with Crippen molar-refractivity contribution in [1.82, 2.24) is 5.06 Å². The normalized spacial score (nSPS) is 17.1. The zero-order valence-corrected chi connectivity index (χ0v) is 44.6. The van der Waals surface area contributed by atoms with Crippen molar-refractivity contribution in [2.24, 2.45) is 0 Å². The molecule has 1 fully saturated rings. The lowest BCUT2D eigenvalue weighted by Crippen LogP contribution is -2.32. The fraction of sp³-hybridized carbons (Fsp3) is 0.312. The number of allylic oxidation sites excluding steroid dienone is 9. The Bertz CT molecular complexity index is 3750. The van der Waals surface area contributed by atoms with E-state index in [0.29, 0.717) is 45.3 Å². The topological polar surface area (TPSA) is 348 Å². The molecule has 1 atom stereocenters. The third kappa shape index (κ3) is 13.0. The number of hydrogen-bond donors (Lipinski definition) is 5. The Kier molecular flexibility index (Phi) is 16.8. The number of anilines is 1. The van der Waals surface area contributed by atoms with Crippen molar-refractivity contribution in [2.75, 3.05) is 30.4 Å². The molecule has 5 N–H and O–H groups in total. The zero-order chi connectivity index (χ0) is 55.9. The summed E-state index contributed by atoms with van der Waals surface area (Å²) in [4.78, 5) is 39.6. The van der Waals surface area contributed by atoms with E-state index in [0.717, 1.165) is 12.1 Å². The van der Waals surface area contributed by atoms with Gasteiger partial charge in [-0.3, -0.25) is 32.4 Å². The van der Waals surface area contributed by atoms with E-state index in [4.69, 9.17) is 9.57 Å². The number of nitrogens with zero attached hydrogens (tertiary/aromatic N) is 2. The van der Waals surface area contributed by atoms with Crippen molar-refractivity contribution in [3.05, 3.63) is 126 Å². The summed E-state index contributed by atoms with van der Waals surface area (Å²) < 4.78 is 179. The van der Waals surface area contributed by atoms with E-state index in [1.807, 2.05) is 0 Å². The first kappa shape index (κ1) is 58.3. The third-order valence-corrected chi connectivity index (χ3v) is 17.0. The molecule has 2 aliphatic rings. The van der Waals surface area contributed by atoms with Gasteiger partial charge in [0.05, 0.1) is 35.2 Å². The Labute approximate surface area is 433 Å². The maximum atomic E-state index is 12.6. The lowest BCUT2D eigenvalue weighted by atomic mass is 9.70. The van der Waals surface area contributed by atoms with E-state index in [9.17, 15) is 79.2 Å². The van der Waals surface area contributed by atoms with E-state index in [1.165, 1.54) is 18.2 Å². The van der Waals surface area contributed by atoms with Crippen molar-refractivity contribution in [3.8, 4) is 0 Å². The molecule has 0 aliphatic carbocycles. The second-order valence-electron chi connectivity index (χ2n) is 18.3. The number of fused-ring (bicyclic) bond motifs is 4. The molecule has 0 saturated carbocycles. The number of aryl methyl sites for hydroxylation is 1. The second kappa shape index (κ2) is 21.6. The number of carbonyl (C=O) groups is 3. The summed E-state index contributed by atoms with van der Waals surface area (Å²) >= 11 is 0. The van der Waals surface area contributed by atoms with Crippen LogP contribution in [0, 0.1) is 6.92 Å². The Balaban J connectivity index is 1.34. The first-order valence-electron chi connectivity index (χ1n) is 22.4. The zero-order valence-electron chi connectivity index (χ0n) is 40.5. The van der Waals surface area contributed by atoms with Crippen LogP contribution in [0.4, 0.5) is 5.69 Å². The molecule has 75 heavy (non-hydrogen) atoms. The maximum Gasteiger partial charge on any atom is 0.335 e. The predicted molar refractivity (Wildman–Crippen MR) is 273 cm³/mol. The number of rotatable bonds is 21. The first-order chi connectivity index (χ1) is 34.6. The molecular weight excluding hydrogens is 1080 g/mol. The second-order valence-corrected chi connectivity index (χ2v) is 25.5. The molecule has 4 aromatic rings. The van der Waals surface area contributed by atoms with Crippen LogP contribution in [0.1, 0.15) is 69.6 Å². The lowest BCUT2D eigenvalue weighted by Gasteiger charge is -2.34. The molecule has 1 unspecified atom stereocenters. The number of carbonyl (C=O) groups excluding carboxylic acids is 3. The number of ether oxygens (including phenoxy) is 1. The minimum Gasteiger partial charge on any atom is -0.379 e. The van der Waals surface area contributed by atoms with Crippen LogP contribution < -0.4 is 4.90 Å². The molecule has 0 spiro atoms. The maximum absolute atomic E-state index is 12.6. The predicted octanol–water partition coefficient (Wildman–Crippen LogP) is 6.13. The largest absolute Gasteiger partial charge is 0.379 e. The fourth-order valence-corrected chi connectivity index (χ4v) is 12.5. The van der Waals surface area contributed by atoms with Crippen LogP contribution in [-0.2, 0) is 85.4 Å². The van der Waals surface area contributed by atoms with Gasteiger partial charge in [-0.15, -0.1) is 5.06 Å². The van der Waals surface area contributed by atoms with Gasteiger partial charge in [-0.2, -0.15) is 42.1 Å². The summed E-state index contributed by atoms with van der Waals surface area (Å²) in [5.41, 5.74) is 0.0545. The minimum atomic E-state index is -5.08. The summed E-state index contributed by atoms with van der Waals surface area (Å²) in [6, 6.07) is 9.13. The van der Waals surface area contributed by atoms with Crippen LogP contribution in [0.2, 0.25) is 0 Å². The van der Waals surface area contributed by atoms with Crippen molar-refractivity contribution in [1.29, 1.82) is 0 Å². The van der Waals surface area contributed by atoms with Gasteiger partial charge < -0.3 is 14.5 Å². The first-order valence-corrected chi connectivity index (χ1v) is 29.8. The molecule has 6 rings (SSSR count). The molecule has 2 heterocycles. The van der Waals surface area contributed by atoms with Gasteiger partial charge in [0.25, 0.3) is 62.4 Å². The monoisotopic (exact) mass is 1140 g/mol. The van der Waals surface area contributed by atoms with Crippen LogP contribution in [0.25, 0.3) is 21.5 Å². The molecule has 22 nitrogen and oxygen atoms in total. The van der Waals surface area contributed by atoms with E-state index in [2.05, 4.69) is 6.58 Å². The average Bonchev–Trinajstić information content (AvgIpc) is 3.71. The average molecular weight is 1140 g/mol. The Morgan fingerprint density at radius 1 is 0.720 bits per heavy atom. The molecule has 2 amide bonds. The molecule has 1 saturated heterocycles. The molecular formula is C48H52N2O20S5. The van der Waals surface area contributed by atoms with E-state index in [-0.39, 0.29) is 79.0 Å². The van der Waals surface area contributed by atoms with Crippen molar-refractivity contribution < 1.29 is 88.8 Å². The Morgan fingerprint density at radius 2 is 1.25 bits per heavy atom. The number of benzene rings is 4. The van der Waals surface area contributed by atoms with E-state index in [1.54, 1.807) is 81.2 Å². The summed E-state index contributed by atoms with van der Waals surface area (Å²) in [6.07, 6.45) is 10.6. The summed E-state index contributed by atoms with van der Waals surface area (Å²) in [6.45, 7) is 10.8. The highest BCUT2D eigenvalue weighted by Gasteiger charge is 2.42. The van der Waals surface area contributed by atoms with Gasteiger partial charge in [0.2, 0.25) is 0 Å². The highest BCUT2D eigenvalue weighted by Crippen LogP contribution is 2.52. The van der Waals surface area contributed by atoms with Gasteiger partial charge >= 0.3 is 5.97 Å². The third-order valence-electron chi connectivity index (χ3n) is 12.8. The summed E-state index contributed by atoms with van der Waals surface area (Å²) in [5.74, 6) is -2.88. The van der Waals surface area contributed by atoms with Crippen LogP contribution in [0.3, 0.4) is 0 Å². The number of amides is 2. The van der Waals surface area contributed by atoms with Gasteiger partial charge in [0, 0.05) is 52.4 Å². The SMILES string of the molecule is C=C(/C=C/C=C/C=C/C=C1/N(CCOCCC(=O)ON2C(=O)CCC2=O)c2ccc3c(S(=O)(=O)O)cc(S(=O)(=O)O)cc3c2C1(C)C)C(C)(CCCS(=O)(=O)O)c1c(C)ccc2c(S(=O)(=O)O)cc(S(=O)(=O)O)cc12. The Hall–Kier alpha value is -5.98. The van der Waals surface area contributed by atoms with Gasteiger partial charge in [-0.25, -0.2) is 4.79 Å². The number of hydroxylamine groups is 2. The standard InChI is InChI=1S/C48H52N2O20S5/c1-30-14-15-34-36(26-32(72(57,58)59)28-39(34)74(63,64)65)45(30)48(5,21-11-25-71(54,55)56)31(2)12-9-7-6-8-10-13-41-47(3,4)46-37-27-33(73(60,61)62)29-40(75(66,67)68)35(37)16-17-38(46)49(41)22-24-69-23-20-44(53)70-50-42(51)18-19-43(50)52/h6-10,12-17,26-29H,2,11,18-25H2,1,3-5H3,(H,54,55,56)(H,57,58,59)(H,60,61,62)(H,63,64,65)(H,66,67,68)/b7-6+,10-8+,12-9+,41-13+. The Morgan fingerprint density at radius 3 is 1.81 bits per heavy atom. The highest BCUT2D eigenvalue weighted by atomic mass is 32.2. The molecule has 2 aliphatic heterocycles. The molecule has 27 heteroatoms. The van der Waals surface area contributed by atoms with Crippen LogP contribution in [-0.4, -0.2) is 113 Å². The molecule has 4 aromatic carbocycles. The quantitative estimate of drug-likeness (QED) is 0.0271. The molecule has 0 aromatic heterocycles. The van der Waals surface area contributed by atoms with E-state index < -0.39 is 105 Å². The van der Waals surface area contributed by atoms with Crippen LogP contribution in [0.15, 0.2) is 128 Å². The smallest absolute Gasteiger partial charge is 0.335 e. The lowest BCUT2D eigenvalue weighted by molar-refractivity contribution is -0.198. The van der Waals surface area contributed by atoms with Gasteiger partial charge in [0.15, 0.2) is 0 Å². The molecule has 0 radical (unpaired) electrons. The molecule has 404 valence electrons. The van der Waals surface area contributed by atoms with Gasteiger partial charge in [-0.1, -0.05) is 82.0 Å². The summed E-state index contributed by atoms with van der Waals surface area (Å²) in [7, 11) is -24.6. The van der Waals surface area contributed by atoms with Gasteiger partial charge in [-0.05, 0) is 89.2 Å². The van der Waals surface area contributed by atoms with Crippen molar-refractivity contribution >= 4 is 95.6 Å². The summed E-state index contributed by atoms with van der Waals surface area (Å²) in [5, 5.41) is 0.293. The fourth-order valence-electron chi connectivity index (χ4n) is 9.29. The van der Waals surface area contributed by atoms with Crippen molar-refractivity contribution in [3.63, 3.8) is 0 Å². The van der Waals surface area contributed by atoms with Crippen LogP contribution in [0.5, 0.6) is 0 Å². The number of imide groups is 1. The minimum absolute atomic E-state index is 0.0217.